The standard InChI is InChI=1S/C19H20ClN3O2S/c1-3-18(24)22(2)12-19(25)23-16(13-7-4-5-8-14(13)20)11-15(21-23)17-9-6-10-26-17/h4-10,16H,3,11-12H2,1-2H3/t16-/m1/s1. The van der Waals surface area contributed by atoms with Gasteiger partial charge in [0.05, 0.1) is 16.6 Å². The van der Waals surface area contributed by atoms with E-state index in [4.69, 9.17) is 11.6 Å². The topological polar surface area (TPSA) is 53.0 Å². The number of halogens is 1. The zero-order chi connectivity index (χ0) is 18.7. The van der Waals surface area contributed by atoms with Crippen molar-refractivity contribution in [1.29, 1.82) is 0 Å². The lowest BCUT2D eigenvalue weighted by Crippen LogP contribution is -2.39. The van der Waals surface area contributed by atoms with Crippen LogP contribution in [0.15, 0.2) is 46.9 Å². The SMILES string of the molecule is CCC(=O)N(C)CC(=O)N1N=C(c2cccs2)C[C@@H]1c1ccccc1Cl. The Kier molecular flexibility index (Phi) is 5.74. The molecule has 1 atom stereocenters. The second-order valence-electron chi connectivity index (χ2n) is 6.11. The lowest BCUT2D eigenvalue weighted by Gasteiger charge is -2.25. The van der Waals surface area contributed by atoms with Gasteiger partial charge in [-0.3, -0.25) is 9.59 Å². The number of likely N-dealkylation sites (N-methyl/N-ethyl adjacent to an activating group) is 1. The van der Waals surface area contributed by atoms with E-state index in [1.165, 1.54) is 9.91 Å². The average molecular weight is 390 g/mol. The van der Waals surface area contributed by atoms with Crippen LogP contribution in [0.1, 0.15) is 36.2 Å². The van der Waals surface area contributed by atoms with Crippen LogP contribution in [0.4, 0.5) is 0 Å². The van der Waals surface area contributed by atoms with E-state index in [0.29, 0.717) is 17.9 Å². The minimum Gasteiger partial charge on any atom is -0.336 e. The number of hydrogen-bond acceptors (Lipinski definition) is 4. The maximum atomic E-state index is 12.9. The van der Waals surface area contributed by atoms with Gasteiger partial charge in [0.1, 0.15) is 6.54 Å². The van der Waals surface area contributed by atoms with Gasteiger partial charge in [-0.25, -0.2) is 5.01 Å². The molecule has 0 radical (unpaired) electrons. The highest BCUT2D eigenvalue weighted by Gasteiger charge is 2.35. The van der Waals surface area contributed by atoms with Crippen molar-refractivity contribution in [1.82, 2.24) is 9.91 Å². The fraction of sp³-hybridized carbons (Fsp3) is 0.316. The number of carbonyl (C=O) groups is 2. The Labute approximate surface area is 161 Å². The normalized spacial score (nSPS) is 16.5. The van der Waals surface area contributed by atoms with E-state index in [9.17, 15) is 9.59 Å². The van der Waals surface area contributed by atoms with Gasteiger partial charge in [-0.1, -0.05) is 42.8 Å². The molecule has 0 saturated heterocycles. The molecule has 0 N–H and O–H groups in total. The lowest BCUT2D eigenvalue weighted by atomic mass is 10.0. The van der Waals surface area contributed by atoms with Crippen molar-refractivity contribution < 1.29 is 9.59 Å². The summed E-state index contributed by atoms with van der Waals surface area (Å²) in [4.78, 5) is 27.2. The van der Waals surface area contributed by atoms with Crippen molar-refractivity contribution in [3.63, 3.8) is 0 Å². The molecule has 1 aliphatic heterocycles. The van der Waals surface area contributed by atoms with Crippen molar-refractivity contribution in [2.45, 2.75) is 25.8 Å². The number of hydrogen-bond donors (Lipinski definition) is 0. The molecule has 136 valence electrons. The maximum absolute atomic E-state index is 12.9. The summed E-state index contributed by atoms with van der Waals surface area (Å²) in [6.45, 7) is 1.77. The predicted octanol–water partition coefficient (Wildman–Crippen LogP) is 3.95. The van der Waals surface area contributed by atoms with Gasteiger partial charge in [0.25, 0.3) is 5.91 Å². The van der Waals surface area contributed by atoms with Gasteiger partial charge >= 0.3 is 0 Å². The van der Waals surface area contributed by atoms with Gasteiger partial charge in [0.2, 0.25) is 5.91 Å². The minimum absolute atomic E-state index is 0.00511. The summed E-state index contributed by atoms with van der Waals surface area (Å²) in [5, 5.41) is 8.66. The number of amides is 2. The van der Waals surface area contributed by atoms with Crippen molar-refractivity contribution in [3.05, 3.63) is 57.2 Å². The molecule has 0 fully saturated rings. The van der Waals surface area contributed by atoms with Crippen molar-refractivity contribution in [2.24, 2.45) is 5.10 Å². The molecule has 1 aromatic carbocycles. The number of nitrogens with zero attached hydrogens (tertiary/aromatic N) is 3. The van der Waals surface area contributed by atoms with E-state index in [1.807, 2.05) is 41.8 Å². The molecule has 0 bridgehead atoms. The van der Waals surface area contributed by atoms with Gasteiger partial charge in [0.15, 0.2) is 0 Å². The van der Waals surface area contributed by atoms with Crippen LogP contribution in [0.5, 0.6) is 0 Å². The Morgan fingerprint density at radius 1 is 1.31 bits per heavy atom. The van der Waals surface area contributed by atoms with E-state index in [2.05, 4.69) is 5.10 Å². The van der Waals surface area contributed by atoms with Crippen LogP contribution < -0.4 is 0 Å². The summed E-state index contributed by atoms with van der Waals surface area (Å²) in [7, 11) is 1.63. The third kappa shape index (κ3) is 3.81. The summed E-state index contributed by atoms with van der Waals surface area (Å²) < 4.78 is 0. The number of benzene rings is 1. The lowest BCUT2D eigenvalue weighted by molar-refractivity contribution is -0.140. The van der Waals surface area contributed by atoms with Crippen molar-refractivity contribution in [2.75, 3.05) is 13.6 Å². The number of rotatable bonds is 5. The van der Waals surface area contributed by atoms with Gasteiger partial charge in [-0.2, -0.15) is 5.10 Å². The molecule has 1 aliphatic rings. The van der Waals surface area contributed by atoms with Crippen LogP contribution in [-0.4, -0.2) is 41.0 Å². The van der Waals surface area contributed by atoms with Crippen LogP contribution in [0, 0.1) is 0 Å². The van der Waals surface area contributed by atoms with E-state index >= 15 is 0 Å². The second-order valence-corrected chi connectivity index (χ2v) is 7.46. The van der Waals surface area contributed by atoms with Gasteiger partial charge in [-0.05, 0) is 23.1 Å². The third-order valence-electron chi connectivity index (χ3n) is 4.34. The third-order valence-corrected chi connectivity index (χ3v) is 5.60. The molecule has 2 amide bonds. The number of thiophene rings is 1. The Morgan fingerprint density at radius 3 is 2.73 bits per heavy atom. The van der Waals surface area contributed by atoms with Crippen LogP contribution in [-0.2, 0) is 9.59 Å². The molecule has 26 heavy (non-hydrogen) atoms. The zero-order valence-electron chi connectivity index (χ0n) is 14.7. The smallest absolute Gasteiger partial charge is 0.262 e. The summed E-state index contributed by atoms with van der Waals surface area (Å²) in [6, 6.07) is 11.2. The van der Waals surface area contributed by atoms with Gasteiger partial charge in [-0.15, -0.1) is 11.3 Å². The molecule has 0 unspecified atom stereocenters. The molecule has 7 heteroatoms. The highest BCUT2D eigenvalue weighted by molar-refractivity contribution is 7.12. The highest BCUT2D eigenvalue weighted by atomic mass is 35.5. The summed E-state index contributed by atoms with van der Waals surface area (Å²) >= 11 is 7.97. The van der Waals surface area contributed by atoms with E-state index < -0.39 is 0 Å². The van der Waals surface area contributed by atoms with Gasteiger partial charge in [0, 0.05) is 24.9 Å². The van der Waals surface area contributed by atoms with Gasteiger partial charge < -0.3 is 4.90 Å². The first-order valence-corrected chi connectivity index (χ1v) is 9.68. The van der Waals surface area contributed by atoms with Crippen molar-refractivity contribution >= 4 is 40.5 Å². The average Bonchev–Trinajstić information content (AvgIpc) is 3.30. The monoisotopic (exact) mass is 389 g/mol. The Hall–Kier alpha value is -2.18. The molecular weight excluding hydrogens is 370 g/mol. The largest absolute Gasteiger partial charge is 0.336 e. The quantitative estimate of drug-likeness (QED) is 0.777. The van der Waals surface area contributed by atoms with E-state index in [-0.39, 0.29) is 24.4 Å². The summed E-state index contributed by atoms with van der Waals surface area (Å²) in [6.07, 6.45) is 0.961. The molecule has 1 aromatic heterocycles. The Morgan fingerprint density at radius 2 is 2.08 bits per heavy atom. The molecule has 3 rings (SSSR count). The molecule has 5 nitrogen and oxygen atoms in total. The Bertz CT molecular complexity index is 835. The van der Waals surface area contributed by atoms with Crippen LogP contribution in [0.3, 0.4) is 0 Å². The van der Waals surface area contributed by atoms with Crippen LogP contribution >= 0.6 is 22.9 Å². The number of carbonyl (C=O) groups excluding carboxylic acids is 2. The first-order valence-electron chi connectivity index (χ1n) is 8.43. The minimum atomic E-state index is -0.265. The summed E-state index contributed by atoms with van der Waals surface area (Å²) in [5.41, 5.74) is 1.73. The van der Waals surface area contributed by atoms with E-state index in [0.717, 1.165) is 16.2 Å². The summed E-state index contributed by atoms with van der Waals surface area (Å²) in [5.74, 6) is -0.292. The molecule has 0 spiro atoms. The molecular formula is C19H20ClN3O2S. The number of hydrazone groups is 1. The molecule has 2 heterocycles. The highest BCUT2D eigenvalue weighted by Crippen LogP contribution is 2.36. The molecule has 2 aromatic rings. The maximum Gasteiger partial charge on any atom is 0.262 e. The molecule has 0 saturated carbocycles. The van der Waals surface area contributed by atoms with E-state index in [1.54, 1.807) is 25.3 Å². The first-order chi connectivity index (χ1) is 12.5. The fourth-order valence-electron chi connectivity index (χ4n) is 2.95. The first kappa shape index (κ1) is 18.6. The van der Waals surface area contributed by atoms with Crippen LogP contribution in [0.2, 0.25) is 5.02 Å². The second kappa shape index (κ2) is 8.01. The zero-order valence-corrected chi connectivity index (χ0v) is 16.3. The Balaban J connectivity index is 1.90. The molecule has 0 aliphatic carbocycles. The van der Waals surface area contributed by atoms with Crippen LogP contribution in [0.25, 0.3) is 0 Å². The van der Waals surface area contributed by atoms with Crippen molar-refractivity contribution in [3.8, 4) is 0 Å². The predicted molar refractivity (Wildman–Crippen MR) is 104 cm³/mol. The fourth-order valence-corrected chi connectivity index (χ4v) is 3.94.